The van der Waals surface area contributed by atoms with Crippen LogP contribution in [0.3, 0.4) is 0 Å². The maximum atomic E-state index is 12.2. The zero-order chi connectivity index (χ0) is 32.0. The van der Waals surface area contributed by atoms with Gasteiger partial charge in [-0.25, -0.2) is 4.57 Å². The number of carbonyl (C=O) groups is 2. The minimum absolute atomic E-state index is 0.123. The Labute approximate surface area is 259 Å². The number of aliphatic hydroxyl groups excluding tert-OH is 1. The first-order chi connectivity index (χ1) is 20.6. The molecular formula is C33H57O9P. The molecule has 0 amide bonds. The predicted molar refractivity (Wildman–Crippen MR) is 171 cm³/mol. The molecule has 0 saturated carbocycles. The minimum Gasteiger partial charge on any atom is -0.462 e. The summed E-state index contributed by atoms with van der Waals surface area (Å²) in [6.45, 7) is 3.09. The number of carbonyl (C=O) groups excluding carboxylic acids is 2. The van der Waals surface area contributed by atoms with Crippen molar-refractivity contribution in [3.8, 4) is 0 Å². The second kappa shape index (κ2) is 28.7. The number of hydrogen-bond acceptors (Lipinski definition) is 7. The highest BCUT2D eigenvalue weighted by Gasteiger charge is 2.22. The highest BCUT2D eigenvalue weighted by molar-refractivity contribution is 7.46. The van der Waals surface area contributed by atoms with Gasteiger partial charge in [-0.15, -0.1) is 0 Å². The molecule has 9 nitrogen and oxygen atoms in total. The van der Waals surface area contributed by atoms with Crippen LogP contribution in [0.2, 0.25) is 0 Å². The van der Waals surface area contributed by atoms with E-state index in [9.17, 15) is 19.3 Å². The van der Waals surface area contributed by atoms with Crippen LogP contribution >= 0.6 is 7.82 Å². The quantitative estimate of drug-likeness (QED) is 0.0342. The smallest absolute Gasteiger partial charge is 0.462 e. The lowest BCUT2D eigenvalue weighted by Crippen LogP contribution is -2.29. The van der Waals surface area contributed by atoms with E-state index in [1.165, 1.54) is 19.3 Å². The van der Waals surface area contributed by atoms with Gasteiger partial charge < -0.3 is 24.4 Å². The van der Waals surface area contributed by atoms with Crippen molar-refractivity contribution in [3.63, 3.8) is 0 Å². The molecule has 0 radical (unpaired) electrons. The van der Waals surface area contributed by atoms with Crippen LogP contribution in [0, 0.1) is 0 Å². The molecule has 248 valence electrons. The largest absolute Gasteiger partial charge is 0.469 e. The van der Waals surface area contributed by atoms with Crippen LogP contribution < -0.4 is 0 Å². The normalized spacial score (nSPS) is 13.9. The summed E-state index contributed by atoms with van der Waals surface area (Å²) >= 11 is 0. The SMILES string of the molecule is CCCCCCCCCC(=O)OC[C@H](COP(=O)(O)O)OC(=O)CCC/C=C\C/C=C\C/C=C\C/C=C\CCC[C@H](C)O. The van der Waals surface area contributed by atoms with E-state index in [2.05, 4.69) is 47.9 Å². The van der Waals surface area contributed by atoms with Crippen molar-refractivity contribution < 1.29 is 43.0 Å². The van der Waals surface area contributed by atoms with Crippen molar-refractivity contribution in [3.05, 3.63) is 48.6 Å². The molecule has 2 atom stereocenters. The molecule has 0 aliphatic carbocycles. The Morgan fingerprint density at radius 3 is 1.77 bits per heavy atom. The Balaban J connectivity index is 4.14. The molecule has 43 heavy (non-hydrogen) atoms. The van der Waals surface area contributed by atoms with Gasteiger partial charge in [0.15, 0.2) is 6.10 Å². The minimum atomic E-state index is -4.76. The van der Waals surface area contributed by atoms with E-state index in [-0.39, 0.29) is 25.6 Å². The van der Waals surface area contributed by atoms with Gasteiger partial charge >= 0.3 is 19.8 Å². The van der Waals surface area contributed by atoms with Crippen LogP contribution in [0.1, 0.15) is 123 Å². The highest BCUT2D eigenvalue weighted by atomic mass is 31.2. The van der Waals surface area contributed by atoms with Gasteiger partial charge in [0.05, 0.1) is 12.7 Å². The van der Waals surface area contributed by atoms with Crippen LogP contribution in [-0.2, 0) is 28.2 Å². The molecule has 0 aromatic rings. The lowest BCUT2D eigenvalue weighted by atomic mass is 10.1. The number of unbranched alkanes of at least 4 members (excludes halogenated alkanes) is 8. The van der Waals surface area contributed by atoms with E-state index >= 15 is 0 Å². The van der Waals surface area contributed by atoms with Gasteiger partial charge in [0.1, 0.15) is 6.61 Å². The maximum absolute atomic E-state index is 12.2. The molecule has 0 heterocycles. The summed E-state index contributed by atoms with van der Waals surface area (Å²) in [5.74, 6) is -0.980. The number of phosphoric ester groups is 1. The van der Waals surface area contributed by atoms with Gasteiger partial charge in [-0.1, -0.05) is 94.1 Å². The number of ether oxygens (including phenoxy) is 2. The third kappa shape index (κ3) is 32.7. The van der Waals surface area contributed by atoms with Crippen LogP contribution in [-0.4, -0.2) is 52.3 Å². The molecule has 0 aromatic heterocycles. The van der Waals surface area contributed by atoms with Crippen molar-refractivity contribution in [1.29, 1.82) is 0 Å². The fourth-order valence-corrected chi connectivity index (χ4v) is 4.33. The molecule has 0 aliphatic rings. The van der Waals surface area contributed by atoms with Crippen LogP contribution in [0.4, 0.5) is 0 Å². The molecule has 0 unspecified atom stereocenters. The van der Waals surface area contributed by atoms with Crippen molar-refractivity contribution in [2.24, 2.45) is 0 Å². The number of allylic oxidation sites excluding steroid dienone is 8. The van der Waals surface area contributed by atoms with Crippen molar-refractivity contribution in [1.82, 2.24) is 0 Å². The zero-order valence-electron chi connectivity index (χ0n) is 26.4. The number of aliphatic hydroxyl groups is 1. The van der Waals surface area contributed by atoms with E-state index < -0.39 is 32.5 Å². The van der Waals surface area contributed by atoms with E-state index in [1.54, 1.807) is 0 Å². The summed E-state index contributed by atoms with van der Waals surface area (Å²) in [6.07, 6.45) is 30.0. The average Bonchev–Trinajstić information content (AvgIpc) is 2.95. The molecule has 0 rings (SSSR count). The Morgan fingerprint density at radius 1 is 0.698 bits per heavy atom. The van der Waals surface area contributed by atoms with Crippen LogP contribution in [0.25, 0.3) is 0 Å². The molecule has 10 heteroatoms. The van der Waals surface area contributed by atoms with Gasteiger partial charge in [0.2, 0.25) is 0 Å². The first kappa shape index (κ1) is 41.0. The number of hydrogen-bond donors (Lipinski definition) is 3. The molecule has 0 bridgehead atoms. The zero-order valence-corrected chi connectivity index (χ0v) is 27.3. The van der Waals surface area contributed by atoms with Crippen molar-refractivity contribution >= 4 is 19.8 Å². The molecule has 3 N–H and O–H groups in total. The van der Waals surface area contributed by atoms with Gasteiger partial charge in [-0.05, 0) is 64.7 Å². The summed E-state index contributed by atoms with van der Waals surface area (Å²) in [6, 6.07) is 0. The number of rotatable bonds is 28. The standard InChI is InChI=1S/C33H57O9P/c1-3-4-5-6-16-20-23-26-32(35)40-28-31(29-41-43(37,38)39)42-33(36)27-24-21-18-15-13-11-9-7-8-10-12-14-17-19-22-25-30(2)34/h8-11,14-15,17-18,30-31,34H,3-7,12-13,16,19-29H2,1-2H3,(H2,37,38,39)/b10-8-,11-9-,17-14-,18-15-/t30-,31+/m0/s1. The van der Waals surface area contributed by atoms with Crippen LogP contribution in [0.15, 0.2) is 48.6 Å². The summed E-state index contributed by atoms with van der Waals surface area (Å²) in [5, 5.41) is 9.22. The van der Waals surface area contributed by atoms with Gasteiger partial charge in [-0.2, -0.15) is 0 Å². The summed E-state index contributed by atoms with van der Waals surface area (Å²) in [7, 11) is -4.76. The summed E-state index contributed by atoms with van der Waals surface area (Å²) in [5.41, 5.74) is 0. The first-order valence-electron chi connectivity index (χ1n) is 16.0. The number of esters is 2. The Morgan fingerprint density at radius 2 is 1.21 bits per heavy atom. The molecule has 0 spiro atoms. The molecule has 0 aromatic carbocycles. The molecular weight excluding hydrogens is 571 g/mol. The Bertz CT molecular complexity index is 858. The second-order valence-electron chi connectivity index (χ2n) is 10.7. The molecule has 0 aliphatic heterocycles. The van der Waals surface area contributed by atoms with E-state index in [4.69, 9.17) is 19.3 Å². The molecule has 0 fully saturated rings. The van der Waals surface area contributed by atoms with E-state index in [1.807, 2.05) is 19.1 Å². The fourth-order valence-electron chi connectivity index (χ4n) is 3.97. The Hall–Kier alpha value is -2.03. The highest BCUT2D eigenvalue weighted by Crippen LogP contribution is 2.35. The lowest BCUT2D eigenvalue weighted by molar-refractivity contribution is -0.161. The van der Waals surface area contributed by atoms with Gasteiger partial charge in [0.25, 0.3) is 0 Å². The first-order valence-corrected chi connectivity index (χ1v) is 17.5. The third-order valence-electron chi connectivity index (χ3n) is 6.37. The van der Waals surface area contributed by atoms with Crippen molar-refractivity contribution in [2.75, 3.05) is 13.2 Å². The summed E-state index contributed by atoms with van der Waals surface area (Å²) < 4.78 is 26.0. The topological polar surface area (TPSA) is 140 Å². The predicted octanol–water partition coefficient (Wildman–Crippen LogP) is 7.81. The van der Waals surface area contributed by atoms with Gasteiger partial charge in [-0.3, -0.25) is 14.1 Å². The van der Waals surface area contributed by atoms with E-state index in [0.717, 1.165) is 57.8 Å². The second-order valence-corrected chi connectivity index (χ2v) is 12.0. The summed E-state index contributed by atoms with van der Waals surface area (Å²) in [4.78, 5) is 42.3. The van der Waals surface area contributed by atoms with E-state index in [0.29, 0.717) is 19.3 Å². The Kier molecular flexibility index (Phi) is 27.4. The van der Waals surface area contributed by atoms with Gasteiger partial charge in [0, 0.05) is 12.8 Å². The van der Waals surface area contributed by atoms with Crippen molar-refractivity contribution in [2.45, 2.75) is 135 Å². The monoisotopic (exact) mass is 628 g/mol. The average molecular weight is 629 g/mol. The molecule has 0 saturated heterocycles. The number of phosphoric acid groups is 1. The lowest BCUT2D eigenvalue weighted by Gasteiger charge is -2.18. The maximum Gasteiger partial charge on any atom is 0.469 e. The van der Waals surface area contributed by atoms with Crippen LogP contribution in [0.5, 0.6) is 0 Å². The fraction of sp³-hybridized carbons (Fsp3) is 0.697. The third-order valence-corrected chi connectivity index (χ3v) is 6.85.